The second kappa shape index (κ2) is 6.45. The first kappa shape index (κ1) is 15.3. The Hall–Kier alpha value is -1.71. The van der Waals surface area contributed by atoms with Crippen LogP contribution in [0.15, 0.2) is 18.2 Å². The highest BCUT2D eigenvalue weighted by Crippen LogP contribution is 2.31. The summed E-state index contributed by atoms with van der Waals surface area (Å²) in [6.07, 6.45) is 0. The lowest BCUT2D eigenvalue weighted by atomic mass is 9.87. The molecule has 0 amide bonds. The van der Waals surface area contributed by atoms with E-state index >= 15 is 0 Å². The van der Waals surface area contributed by atoms with Gasteiger partial charge in [-0.3, -0.25) is 4.79 Å². The minimum absolute atomic E-state index is 0.0819. The average molecular weight is 265 g/mol. The van der Waals surface area contributed by atoms with Crippen LogP contribution >= 0.6 is 0 Å². The van der Waals surface area contributed by atoms with Crippen LogP contribution in [0.1, 0.15) is 33.3 Å². The van der Waals surface area contributed by atoms with Gasteiger partial charge in [0.25, 0.3) is 0 Å². The molecule has 0 aliphatic carbocycles. The molecule has 1 aromatic rings. The summed E-state index contributed by atoms with van der Waals surface area (Å²) in [6, 6.07) is 6.09. The summed E-state index contributed by atoms with van der Waals surface area (Å²) >= 11 is 0. The van der Waals surface area contributed by atoms with Gasteiger partial charge in [-0.1, -0.05) is 26.8 Å². The standard InChI is InChI=1S/C15H23NO3/c1-11(17)19-9-8-16-13-10-12(15(2,3)4)6-7-14(13)18-5/h6-7,10,16H,8-9H2,1-5H3. The molecule has 0 aliphatic heterocycles. The highest BCUT2D eigenvalue weighted by atomic mass is 16.5. The Bertz CT molecular complexity index is 436. The number of hydrogen-bond acceptors (Lipinski definition) is 4. The van der Waals surface area contributed by atoms with E-state index in [-0.39, 0.29) is 11.4 Å². The van der Waals surface area contributed by atoms with Crippen molar-refractivity contribution in [2.24, 2.45) is 0 Å². The lowest BCUT2D eigenvalue weighted by molar-refractivity contribution is -0.140. The van der Waals surface area contributed by atoms with Gasteiger partial charge < -0.3 is 14.8 Å². The molecule has 0 saturated carbocycles. The summed E-state index contributed by atoms with van der Waals surface area (Å²) in [7, 11) is 1.64. The van der Waals surface area contributed by atoms with Gasteiger partial charge in [0.15, 0.2) is 0 Å². The number of methoxy groups -OCH3 is 1. The van der Waals surface area contributed by atoms with Crippen molar-refractivity contribution < 1.29 is 14.3 Å². The van der Waals surface area contributed by atoms with Crippen LogP contribution in [0.3, 0.4) is 0 Å². The van der Waals surface area contributed by atoms with Crippen molar-refractivity contribution in [3.05, 3.63) is 23.8 Å². The van der Waals surface area contributed by atoms with Crippen molar-refractivity contribution in [2.75, 3.05) is 25.6 Å². The van der Waals surface area contributed by atoms with Crippen LogP contribution in [0.2, 0.25) is 0 Å². The van der Waals surface area contributed by atoms with Gasteiger partial charge >= 0.3 is 5.97 Å². The fraction of sp³-hybridized carbons (Fsp3) is 0.533. The normalized spacial score (nSPS) is 11.0. The van der Waals surface area contributed by atoms with E-state index in [0.717, 1.165) is 11.4 Å². The molecule has 0 bridgehead atoms. The highest BCUT2D eigenvalue weighted by molar-refractivity contribution is 5.66. The SMILES string of the molecule is COc1ccc(C(C)(C)C)cc1NCCOC(C)=O. The zero-order chi connectivity index (χ0) is 14.5. The number of rotatable bonds is 5. The number of carbonyl (C=O) groups excluding carboxylic acids is 1. The van der Waals surface area contributed by atoms with Crippen molar-refractivity contribution >= 4 is 11.7 Å². The molecule has 0 unspecified atom stereocenters. The fourth-order valence-electron chi connectivity index (χ4n) is 1.69. The zero-order valence-corrected chi connectivity index (χ0v) is 12.4. The van der Waals surface area contributed by atoms with Gasteiger partial charge in [0.05, 0.1) is 12.8 Å². The summed E-state index contributed by atoms with van der Waals surface area (Å²) in [5, 5.41) is 3.23. The summed E-state index contributed by atoms with van der Waals surface area (Å²) in [5.74, 6) is 0.521. The Morgan fingerprint density at radius 3 is 2.53 bits per heavy atom. The molecule has 0 saturated heterocycles. The lowest BCUT2D eigenvalue weighted by Crippen LogP contribution is -2.14. The molecule has 0 aliphatic rings. The zero-order valence-electron chi connectivity index (χ0n) is 12.4. The fourth-order valence-corrected chi connectivity index (χ4v) is 1.69. The smallest absolute Gasteiger partial charge is 0.302 e. The number of ether oxygens (including phenoxy) is 2. The van der Waals surface area contributed by atoms with E-state index in [4.69, 9.17) is 9.47 Å². The molecule has 0 atom stereocenters. The van der Waals surface area contributed by atoms with Gasteiger partial charge in [0, 0.05) is 13.5 Å². The predicted octanol–water partition coefficient (Wildman–Crippen LogP) is 2.97. The van der Waals surface area contributed by atoms with E-state index in [9.17, 15) is 4.79 Å². The molecular formula is C15H23NO3. The predicted molar refractivity (Wildman–Crippen MR) is 76.8 cm³/mol. The number of hydrogen-bond donors (Lipinski definition) is 1. The Balaban J connectivity index is 2.76. The first-order valence-corrected chi connectivity index (χ1v) is 6.40. The molecule has 0 aromatic heterocycles. The molecular weight excluding hydrogens is 242 g/mol. The maximum Gasteiger partial charge on any atom is 0.302 e. The van der Waals surface area contributed by atoms with Gasteiger partial charge in [-0.2, -0.15) is 0 Å². The van der Waals surface area contributed by atoms with Crippen LogP contribution in [0.4, 0.5) is 5.69 Å². The van der Waals surface area contributed by atoms with Crippen molar-refractivity contribution in [3.63, 3.8) is 0 Å². The minimum Gasteiger partial charge on any atom is -0.495 e. The van der Waals surface area contributed by atoms with Crippen molar-refractivity contribution in [1.29, 1.82) is 0 Å². The maximum absolute atomic E-state index is 10.7. The van der Waals surface area contributed by atoms with Crippen LogP contribution in [0.25, 0.3) is 0 Å². The number of nitrogens with one attached hydrogen (secondary N) is 1. The van der Waals surface area contributed by atoms with E-state index in [1.807, 2.05) is 6.07 Å². The summed E-state index contributed by atoms with van der Waals surface area (Å²) < 4.78 is 10.2. The summed E-state index contributed by atoms with van der Waals surface area (Å²) in [4.78, 5) is 10.7. The van der Waals surface area contributed by atoms with Crippen LogP contribution < -0.4 is 10.1 Å². The second-order valence-electron chi connectivity index (χ2n) is 5.43. The van der Waals surface area contributed by atoms with Gasteiger partial charge in [0.1, 0.15) is 12.4 Å². The van der Waals surface area contributed by atoms with Gasteiger partial charge in [-0.15, -0.1) is 0 Å². The van der Waals surface area contributed by atoms with E-state index in [2.05, 4.69) is 38.2 Å². The van der Waals surface area contributed by atoms with Gasteiger partial charge in [-0.05, 0) is 23.1 Å². The number of benzene rings is 1. The second-order valence-corrected chi connectivity index (χ2v) is 5.43. The van der Waals surface area contributed by atoms with Gasteiger partial charge in [0.2, 0.25) is 0 Å². The monoisotopic (exact) mass is 265 g/mol. The Kier molecular flexibility index (Phi) is 5.21. The quantitative estimate of drug-likeness (QED) is 0.657. The van der Waals surface area contributed by atoms with Crippen molar-refractivity contribution in [1.82, 2.24) is 0 Å². The largest absolute Gasteiger partial charge is 0.495 e. The van der Waals surface area contributed by atoms with E-state index in [1.165, 1.54) is 12.5 Å². The molecule has 4 nitrogen and oxygen atoms in total. The molecule has 0 spiro atoms. The molecule has 0 fully saturated rings. The first-order valence-electron chi connectivity index (χ1n) is 6.40. The van der Waals surface area contributed by atoms with E-state index in [1.54, 1.807) is 7.11 Å². The Morgan fingerprint density at radius 1 is 1.32 bits per heavy atom. The first-order chi connectivity index (χ1) is 8.84. The molecule has 1 N–H and O–H groups in total. The number of anilines is 1. The Labute approximate surface area is 115 Å². The molecule has 1 aromatic carbocycles. The van der Waals surface area contributed by atoms with Crippen LogP contribution in [-0.2, 0) is 14.9 Å². The summed E-state index contributed by atoms with van der Waals surface area (Å²) in [5.41, 5.74) is 2.23. The summed E-state index contributed by atoms with van der Waals surface area (Å²) in [6.45, 7) is 8.80. The minimum atomic E-state index is -0.266. The highest BCUT2D eigenvalue weighted by Gasteiger charge is 2.15. The van der Waals surface area contributed by atoms with Crippen LogP contribution in [0, 0.1) is 0 Å². The van der Waals surface area contributed by atoms with Crippen LogP contribution in [0.5, 0.6) is 5.75 Å². The third kappa shape index (κ3) is 4.81. The van der Waals surface area contributed by atoms with Crippen molar-refractivity contribution in [2.45, 2.75) is 33.1 Å². The Morgan fingerprint density at radius 2 is 2.00 bits per heavy atom. The molecule has 0 heterocycles. The van der Waals surface area contributed by atoms with Crippen molar-refractivity contribution in [3.8, 4) is 5.75 Å². The van der Waals surface area contributed by atoms with E-state index < -0.39 is 0 Å². The lowest BCUT2D eigenvalue weighted by Gasteiger charge is -2.21. The maximum atomic E-state index is 10.7. The molecule has 1 rings (SSSR count). The van der Waals surface area contributed by atoms with E-state index in [0.29, 0.717) is 13.2 Å². The molecule has 4 heteroatoms. The third-order valence-electron chi connectivity index (χ3n) is 2.79. The molecule has 0 radical (unpaired) electrons. The number of carbonyl (C=O) groups is 1. The topological polar surface area (TPSA) is 47.6 Å². The van der Waals surface area contributed by atoms with Gasteiger partial charge in [-0.25, -0.2) is 0 Å². The van der Waals surface area contributed by atoms with Crippen LogP contribution in [-0.4, -0.2) is 26.2 Å². The molecule has 106 valence electrons. The number of esters is 1. The average Bonchev–Trinajstić information content (AvgIpc) is 2.33. The molecule has 19 heavy (non-hydrogen) atoms. The third-order valence-corrected chi connectivity index (χ3v) is 2.79.